The van der Waals surface area contributed by atoms with Gasteiger partial charge in [0.15, 0.2) is 17.0 Å². The van der Waals surface area contributed by atoms with E-state index in [1.54, 1.807) is 51.6 Å². The van der Waals surface area contributed by atoms with Crippen LogP contribution >= 0.6 is 0 Å². The van der Waals surface area contributed by atoms with Gasteiger partial charge in [0.2, 0.25) is 11.7 Å². The zero-order valence-corrected chi connectivity index (χ0v) is 73.8. The number of cyclic esters (lactones) is 1. The first-order valence-corrected chi connectivity index (χ1v) is 43.7. The van der Waals surface area contributed by atoms with Gasteiger partial charge in [0.25, 0.3) is 17.7 Å². The summed E-state index contributed by atoms with van der Waals surface area (Å²) in [5, 5.41) is 50.1. The third-order valence-corrected chi connectivity index (χ3v) is 23.3. The minimum absolute atomic E-state index is 0.000530. The van der Waals surface area contributed by atoms with Gasteiger partial charge < -0.3 is 114 Å². The van der Waals surface area contributed by atoms with E-state index in [9.17, 15) is 49.6 Å². The second-order valence-corrected chi connectivity index (χ2v) is 32.7. The largest absolute Gasteiger partial charge is 0.459 e. The summed E-state index contributed by atoms with van der Waals surface area (Å²) in [5.41, 5.74) is 35.3. The van der Waals surface area contributed by atoms with Crippen LogP contribution in [0.5, 0.6) is 0 Å². The Kier molecular flexibility index (Phi) is 41.7. The number of allylic oxidation sites excluding steroid dienone is 5. The standard InChI is InChI=1S/C89H130N14O23/c1-56-14-10-9-11-15-57(2)73(113-7)51-66-24-17-61(6)89(112,126-66)82(108)85(109)102-29-13-12-16-70(102)86(110)123-74(52-68(99-101-93)58(3)47-60(5)80(106)81(107)79(105)59(4)46-56)67(90)48-64-22-25-72(75(49-64)114-8)125-88(111)94-28-31-116-33-35-118-37-39-120-41-43-122-45-44-121-42-40-119-38-36-117-34-32-115-30-27-76(104)95-53-62-18-20-63(21-19-62)54-103-84-77(83(91)96-55-97-84)78(100-103)65-23-26-71-69(50-65)98-87(92)124-71/h9-11,14-15,18-21,23,26,47,50,55-56,58-59,61,64,66-68,70,72-75,80-81,106-107,112H,12-13,16-17,22,24-25,27-46,48-49,51-54,90H2,1-8H3,(H2,92,98)(H,94,111)(H,95,104)(H2,91,96,97)/b11-9?,14-10+,57-15?,60-47+/t56-,58-,59-,61-,64+,66+,67-,68?,70+,72-,73+,74+,75-,80-,81+,89-/m1/s1. The molecular formula is C89H130N14O23. The molecule has 694 valence electrons. The fraction of sp³-hybridized carbons (Fsp3) is 0.640. The third kappa shape index (κ3) is 30.7. The summed E-state index contributed by atoms with van der Waals surface area (Å²) in [6, 6.07) is 10.2. The number of ether oxygens (including phenoxy) is 13. The Labute approximate surface area is 735 Å². The fourth-order valence-corrected chi connectivity index (χ4v) is 16.0. The maximum absolute atomic E-state index is 14.8. The molecule has 6 heterocycles. The van der Waals surface area contributed by atoms with Gasteiger partial charge in [-0.2, -0.15) is 10.1 Å². The molecular weight excluding hydrogens is 1630 g/mol. The van der Waals surface area contributed by atoms with Crippen molar-refractivity contribution in [3.05, 3.63) is 118 Å². The number of ketones is 2. The number of methoxy groups -OCH3 is 2. The van der Waals surface area contributed by atoms with Crippen LogP contribution in [0.1, 0.15) is 136 Å². The van der Waals surface area contributed by atoms with Gasteiger partial charge in [0.1, 0.15) is 53.8 Å². The van der Waals surface area contributed by atoms with Crippen LogP contribution in [0.3, 0.4) is 0 Å². The molecule has 3 aliphatic heterocycles. The van der Waals surface area contributed by atoms with E-state index in [1.807, 2.05) is 80.6 Å². The van der Waals surface area contributed by atoms with Crippen molar-refractivity contribution in [2.45, 2.75) is 205 Å². The smallest absolute Gasteiger partial charge is 0.407 e. The van der Waals surface area contributed by atoms with E-state index in [0.717, 1.165) is 27.2 Å². The average molecular weight is 1760 g/mol. The van der Waals surface area contributed by atoms with E-state index in [-0.39, 0.29) is 94.3 Å². The molecule has 2 aromatic carbocycles. The van der Waals surface area contributed by atoms with Gasteiger partial charge in [0.05, 0.1) is 136 Å². The van der Waals surface area contributed by atoms with Crippen molar-refractivity contribution in [1.82, 2.24) is 40.3 Å². The predicted octanol–water partition coefficient (Wildman–Crippen LogP) is 8.06. The minimum atomic E-state index is -2.52. The number of fused-ring (bicyclic) bond motifs is 5. The van der Waals surface area contributed by atoms with E-state index in [2.05, 4.69) is 35.6 Å². The molecule has 3 aromatic heterocycles. The molecule has 3 amide bonds. The molecule has 1 saturated carbocycles. The van der Waals surface area contributed by atoms with E-state index >= 15 is 0 Å². The maximum atomic E-state index is 14.8. The second-order valence-electron chi connectivity index (χ2n) is 32.7. The molecule has 1 aliphatic carbocycles. The Bertz CT molecular complexity index is 4440. The molecule has 2 bridgehead atoms. The number of rotatable bonds is 39. The number of hydrogen-bond acceptors (Lipinski definition) is 31. The Balaban J connectivity index is 0.602. The van der Waals surface area contributed by atoms with Crippen molar-refractivity contribution in [2.75, 3.05) is 144 Å². The SMILES string of the molecule is CO[C@H]1C[C@@H]2CC[C@@H](C)[C@@](O)(O2)C(=O)C(=O)N2CCCC[C@H]2C(=O)O[C@H]([C@H](N)C[C@@H]2CC[C@@H](OC(=O)NCCOCCOCCOCCOCCOCCOCCOCCOCCC(=O)NCc3ccc(Cn4nc(-c5ccc6oc(N)nc6c5)c5c(N)ncnc54)cc3)[C@H](OC)C2)CC(N=[N+]=[N-])[C@H](C)/C=C(\C)[C@@H](O)[C@@H](O)C(=O)[C@H](C)C[C@H](C)/C=C/C=CC=C1C. The molecule has 37 nitrogen and oxygen atoms in total. The maximum Gasteiger partial charge on any atom is 0.407 e. The van der Waals surface area contributed by atoms with Crippen LogP contribution in [-0.2, 0) is 98.6 Å². The highest BCUT2D eigenvalue weighted by atomic mass is 16.6. The Hall–Kier alpha value is -9.25. The summed E-state index contributed by atoms with van der Waals surface area (Å²) in [5.74, 6) is -8.41. The Morgan fingerprint density at radius 1 is 0.722 bits per heavy atom. The number of alkyl carbamates (subject to hydrolysis) is 1. The molecule has 4 aliphatic rings. The number of anilines is 2. The van der Waals surface area contributed by atoms with E-state index in [4.69, 9.17) is 88.3 Å². The van der Waals surface area contributed by atoms with Crippen LogP contribution in [0.4, 0.5) is 16.6 Å². The minimum Gasteiger partial charge on any atom is -0.459 e. The molecule has 5 aromatic rings. The number of oxazole rings is 1. The molecule has 126 heavy (non-hydrogen) atoms. The highest BCUT2D eigenvalue weighted by molar-refractivity contribution is 6.39. The summed E-state index contributed by atoms with van der Waals surface area (Å²) < 4.78 is 82.2. The number of amides is 3. The van der Waals surface area contributed by atoms with Crippen molar-refractivity contribution < 1.29 is 110 Å². The molecule has 16 atom stereocenters. The van der Waals surface area contributed by atoms with E-state index in [0.29, 0.717) is 184 Å². The van der Waals surface area contributed by atoms with Crippen LogP contribution in [0.15, 0.2) is 106 Å². The summed E-state index contributed by atoms with van der Waals surface area (Å²) in [4.78, 5) is 100. The number of nitrogens with one attached hydrogen (secondary N) is 2. The number of benzene rings is 2. The lowest BCUT2D eigenvalue weighted by atomic mass is 9.80. The lowest BCUT2D eigenvalue weighted by molar-refractivity contribution is -0.265. The first-order chi connectivity index (χ1) is 60.8. The molecule has 3 fully saturated rings. The van der Waals surface area contributed by atoms with Crippen molar-refractivity contribution >= 4 is 69.4 Å². The summed E-state index contributed by atoms with van der Waals surface area (Å²) in [6.45, 7) is 16.9. The van der Waals surface area contributed by atoms with Crippen LogP contribution in [-0.4, -0.2) is 280 Å². The molecule has 37 heteroatoms. The van der Waals surface area contributed by atoms with Crippen molar-refractivity contribution in [1.29, 1.82) is 0 Å². The monoisotopic (exact) mass is 1760 g/mol. The second kappa shape index (κ2) is 52.3. The van der Waals surface area contributed by atoms with Gasteiger partial charge in [0, 0.05) is 81.1 Å². The average Bonchev–Trinajstić information content (AvgIpc) is 1.55. The summed E-state index contributed by atoms with van der Waals surface area (Å²) in [7, 11) is 3.06. The van der Waals surface area contributed by atoms with E-state index in [1.165, 1.54) is 13.4 Å². The first kappa shape index (κ1) is 101. The van der Waals surface area contributed by atoms with Gasteiger partial charge >= 0.3 is 12.1 Å². The van der Waals surface area contributed by atoms with Crippen molar-refractivity contribution in [2.24, 2.45) is 40.4 Å². The number of azide groups is 1. The van der Waals surface area contributed by atoms with E-state index < -0.39 is 114 Å². The third-order valence-electron chi connectivity index (χ3n) is 23.3. The summed E-state index contributed by atoms with van der Waals surface area (Å²) in [6.07, 6.45) is 8.92. The highest BCUT2D eigenvalue weighted by Gasteiger charge is 2.53. The van der Waals surface area contributed by atoms with Crippen molar-refractivity contribution in [3.63, 3.8) is 0 Å². The number of Topliss-reactive ketones (excluding diaryl/α,β-unsaturated/α-hetero) is 2. The normalized spacial score (nSPS) is 26.3. The first-order valence-electron chi connectivity index (χ1n) is 43.7. The van der Waals surface area contributed by atoms with Crippen LogP contribution in [0, 0.1) is 29.6 Å². The number of carbonyl (C=O) groups excluding carboxylic acids is 6. The topological polar surface area (TPSA) is 507 Å². The number of carbonyl (C=O) groups is 6. The van der Waals surface area contributed by atoms with Gasteiger partial charge in [-0.05, 0) is 148 Å². The van der Waals surface area contributed by atoms with Crippen molar-refractivity contribution in [3.8, 4) is 11.3 Å². The quantitative estimate of drug-likeness (QED) is 0.00350. The molecule has 2 saturated heterocycles. The number of nitrogens with two attached hydrogens (primary N) is 3. The lowest BCUT2D eigenvalue weighted by Gasteiger charge is -2.43. The molecule has 9 rings (SSSR count). The zero-order chi connectivity index (χ0) is 90.5. The zero-order valence-electron chi connectivity index (χ0n) is 73.8. The Morgan fingerprint density at radius 3 is 2.02 bits per heavy atom. The predicted molar refractivity (Wildman–Crippen MR) is 465 cm³/mol. The molecule has 0 spiro atoms. The van der Waals surface area contributed by atoms with Crippen LogP contribution in [0.2, 0.25) is 0 Å². The molecule has 11 N–H and O–H groups in total. The summed E-state index contributed by atoms with van der Waals surface area (Å²) >= 11 is 0. The van der Waals surface area contributed by atoms with Crippen LogP contribution < -0.4 is 27.8 Å². The van der Waals surface area contributed by atoms with Crippen LogP contribution in [0.25, 0.3) is 43.8 Å². The van der Waals surface area contributed by atoms with Gasteiger partial charge in [-0.3, -0.25) is 19.2 Å². The molecule has 0 radical (unpaired) electrons. The molecule has 1 unspecified atom stereocenters. The fourth-order valence-electron chi connectivity index (χ4n) is 16.0. The number of nitrogens with zero attached hydrogens (tertiary/aromatic N) is 9. The number of esters is 1. The number of aromatic nitrogens is 5. The number of hydrogen-bond donors (Lipinski definition) is 8. The number of nitrogen functional groups attached to an aromatic ring is 2. The van der Waals surface area contributed by atoms with Gasteiger partial charge in [-0.15, -0.1) is 0 Å². The number of piperidine rings is 1. The highest BCUT2D eigenvalue weighted by Crippen LogP contribution is 2.39. The van der Waals surface area contributed by atoms with Gasteiger partial charge in [-0.25, -0.2) is 24.2 Å². The number of aliphatic hydroxyl groups excluding tert-OH is 2. The Morgan fingerprint density at radius 2 is 1.37 bits per heavy atom. The lowest BCUT2D eigenvalue weighted by Crippen LogP contribution is -2.61. The van der Waals surface area contributed by atoms with Gasteiger partial charge in [-0.1, -0.05) is 93.5 Å². The number of aliphatic hydroxyl groups is 3.